The highest BCUT2D eigenvalue weighted by molar-refractivity contribution is 9.48. The number of rotatable bonds is 4. The summed E-state index contributed by atoms with van der Waals surface area (Å²) in [5.74, 6) is 0.838. The van der Waals surface area contributed by atoms with Crippen LogP contribution in [-0.4, -0.2) is 13.4 Å². The molecular formula is C14H12O2P2S4. The van der Waals surface area contributed by atoms with E-state index in [0.717, 1.165) is 17.3 Å². The second kappa shape index (κ2) is 6.43. The lowest BCUT2D eigenvalue weighted by Gasteiger charge is -2.40. The minimum absolute atomic E-state index is 0.676. The maximum absolute atomic E-state index is 10.7. The van der Waals surface area contributed by atoms with E-state index in [1.807, 2.05) is 48.5 Å². The highest BCUT2D eigenvalue weighted by Crippen LogP contribution is 3.04. The minimum Gasteiger partial charge on any atom is -0.497 e. The number of hydrogen-bond donors (Lipinski definition) is 0. The smallest absolute Gasteiger partial charge is 0.150 e. The Morgan fingerprint density at radius 1 is 0.909 bits per heavy atom. The van der Waals surface area contributed by atoms with Gasteiger partial charge in [0.25, 0.3) is 0 Å². The van der Waals surface area contributed by atoms with Crippen molar-refractivity contribution in [2.75, 3.05) is 7.11 Å². The molecule has 1 aliphatic heterocycles. The van der Waals surface area contributed by atoms with Crippen LogP contribution in [0.3, 0.4) is 0 Å². The van der Waals surface area contributed by atoms with Crippen molar-refractivity contribution in [3.8, 4) is 5.75 Å². The molecule has 0 amide bonds. The molecule has 0 aromatic heterocycles. The number of carbonyl (C=O) groups is 1. The molecule has 0 N–H and O–H groups in total. The zero-order chi connectivity index (χ0) is 15.8. The topological polar surface area (TPSA) is 26.3 Å². The lowest BCUT2D eigenvalue weighted by Crippen LogP contribution is -2.09. The number of aldehydes is 1. The van der Waals surface area contributed by atoms with E-state index < -0.39 is 8.88 Å². The standard InChI is InChI=1S/C14H12O2P2S4/c1-16-12-4-8-14(9-5-12)18(20)21-17(19,22-18)13-6-2-11(10-15)3-7-13/h2-10H,1H3. The van der Waals surface area contributed by atoms with Crippen LogP contribution in [0.15, 0.2) is 48.5 Å². The van der Waals surface area contributed by atoms with Crippen LogP contribution in [0, 0.1) is 0 Å². The van der Waals surface area contributed by atoms with Gasteiger partial charge in [0, 0.05) is 16.2 Å². The summed E-state index contributed by atoms with van der Waals surface area (Å²) >= 11 is 15.3. The summed E-state index contributed by atoms with van der Waals surface area (Å²) in [4.78, 5) is 10.7. The Balaban J connectivity index is 1.82. The summed E-state index contributed by atoms with van der Waals surface area (Å²) in [6, 6.07) is 15.6. The Morgan fingerprint density at radius 3 is 1.77 bits per heavy atom. The summed E-state index contributed by atoms with van der Waals surface area (Å²) in [6.45, 7) is 0. The molecule has 1 heterocycles. The van der Waals surface area contributed by atoms with Crippen LogP contribution in [0.4, 0.5) is 0 Å². The quantitative estimate of drug-likeness (QED) is 0.550. The molecule has 1 aliphatic rings. The summed E-state index contributed by atoms with van der Waals surface area (Å²) in [6.07, 6.45) is 0.848. The molecule has 0 atom stereocenters. The second-order valence-corrected chi connectivity index (χ2v) is 25.9. The first-order valence-corrected chi connectivity index (χ1v) is 16.0. The first-order valence-electron chi connectivity index (χ1n) is 6.32. The van der Waals surface area contributed by atoms with Crippen molar-refractivity contribution < 1.29 is 9.53 Å². The average molecular weight is 402 g/mol. The lowest BCUT2D eigenvalue weighted by molar-refractivity contribution is 0.112. The zero-order valence-electron chi connectivity index (χ0n) is 11.5. The average Bonchev–Trinajstić information content (AvgIpc) is 2.53. The number of hydrogen-bond acceptors (Lipinski definition) is 6. The maximum Gasteiger partial charge on any atom is 0.150 e. The van der Waals surface area contributed by atoms with Gasteiger partial charge in [0.1, 0.15) is 12.0 Å². The molecule has 1 fully saturated rings. The van der Waals surface area contributed by atoms with Gasteiger partial charge < -0.3 is 4.74 Å². The molecule has 0 spiro atoms. The summed E-state index contributed by atoms with van der Waals surface area (Å²) in [7, 11) is 1.66. The third kappa shape index (κ3) is 3.10. The Bertz CT molecular complexity index is 789. The van der Waals surface area contributed by atoms with Gasteiger partial charge in [-0.2, -0.15) is 0 Å². The van der Waals surface area contributed by atoms with E-state index in [1.165, 1.54) is 5.30 Å². The largest absolute Gasteiger partial charge is 0.497 e. The summed E-state index contributed by atoms with van der Waals surface area (Å²) < 4.78 is 1.78. The maximum atomic E-state index is 10.7. The zero-order valence-corrected chi connectivity index (χ0v) is 16.6. The van der Waals surface area contributed by atoms with Crippen molar-refractivity contribution in [3.63, 3.8) is 0 Å². The van der Waals surface area contributed by atoms with E-state index in [0.29, 0.717) is 5.56 Å². The Kier molecular flexibility index (Phi) is 4.90. The van der Waals surface area contributed by atoms with Gasteiger partial charge in [0.15, 0.2) is 0 Å². The fourth-order valence-electron chi connectivity index (χ4n) is 1.98. The van der Waals surface area contributed by atoms with Gasteiger partial charge >= 0.3 is 0 Å². The normalized spacial score (nSPS) is 27.0. The molecule has 0 unspecified atom stereocenters. The van der Waals surface area contributed by atoms with Gasteiger partial charge in [-0.3, -0.25) is 4.79 Å². The molecule has 2 aromatic carbocycles. The van der Waals surface area contributed by atoms with Crippen LogP contribution in [-0.2, 0) is 23.6 Å². The molecule has 114 valence electrons. The number of carbonyl (C=O) groups excluding carboxylic acids is 1. The molecular weight excluding hydrogens is 390 g/mol. The summed E-state index contributed by atoms with van der Waals surface area (Å²) in [5, 5.41) is 2.32. The molecule has 0 saturated carbocycles. The van der Waals surface area contributed by atoms with Crippen molar-refractivity contribution in [3.05, 3.63) is 54.1 Å². The van der Waals surface area contributed by atoms with E-state index in [1.54, 1.807) is 29.1 Å². The molecule has 2 nitrogen and oxygen atoms in total. The van der Waals surface area contributed by atoms with Gasteiger partial charge in [-0.25, -0.2) is 0 Å². The summed E-state index contributed by atoms with van der Waals surface area (Å²) in [5.41, 5.74) is 0.676. The van der Waals surface area contributed by atoms with Gasteiger partial charge in [0.05, 0.1) is 16.0 Å². The van der Waals surface area contributed by atoms with Crippen molar-refractivity contribution in [2.45, 2.75) is 0 Å². The number of benzene rings is 2. The van der Waals surface area contributed by atoms with E-state index in [-0.39, 0.29) is 0 Å². The van der Waals surface area contributed by atoms with Crippen molar-refractivity contribution in [1.82, 2.24) is 0 Å². The number of ether oxygens (including phenoxy) is 1. The predicted octanol–water partition coefficient (Wildman–Crippen LogP) is 4.56. The third-order valence-corrected chi connectivity index (χ3v) is 34.4. The van der Waals surface area contributed by atoms with Crippen LogP contribution in [0.1, 0.15) is 10.4 Å². The van der Waals surface area contributed by atoms with Crippen LogP contribution in [0.5, 0.6) is 5.75 Å². The van der Waals surface area contributed by atoms with Gasteiger partial charge in [-0.1, -0.05) is 69.9 Å². The van der Waals surface area contributed by atoms with E-state index in [2.05, 4.69) is 0 Å². The molecule has 3 rings (SSSR count). The SMILES string of the molecule is COc1ccc(P2(=S)SP(=S)(c3ccc(C=O)cc3)S2)cc1. The monoisotopic (exact) mass is 402 g/mol. The highest BCUT2D eigenvalue weighted by Gasteiger charge is 2.45. The first kappa shape index (κ1) is 16.8. The van der Waals surface area contributed by atoms with Gasteiger partial charge in [-0.05, 0) is 24.3 Å². The van der Waals surface area contributed by atoms with Crippen molar-refractivity contribution >= 4 is 71.4 Å². The van der Waals surface area contributed by atoms with Crippen molar-refractivity contribution in [2.24, 2.45) is 0 Å². The first-order chi connectivity index (χ1) is 10.5. The van der Waals surface area contributed by atoms with Crippen molar-refractivity contribution in [1.29, 1.82) is 0 Å². The van der Waals surface area contributed by atoms with E-state index >= 15 is 0 Å². The fourth-order valence-corrected chi connectivity index (χ4v) is 44.3. The van der Waals surface area contributed by atoms with Crippen LogP contribution in [0.25, 0.3) is 0 Å². The fraction of sp³-hybridized carbons (Fsp3) is 0.0714. The predicted molar refractivity (Wildman–Crippen MR) is 108 cm³/mol. The van der Waals surface area contributed by atoms with E-state index in [9.17, 15) is 4.79 Å². The van der Waals surface area contributed by atoms with Crippen LogP contribution >= 0.6 is 30.9 Å². The van der Waals surface area contributed by atoms with Gasteiger partial charge in [-0.15, -0.1) is 0 Å². The Morgan fingerprint density at radius 2 is 1.36 bits per heavy atom. The molecule has 0 radical (unpaired) electrons. The molecule has 1 saturated heterocycles. The molecule has 8 heteroatoms. The molecule has 22 heavy (non-hydrogen) atoms. The molecule has 0 aliphatic carbocycles. The van der Waals surface area contributed by atoms with E-state index in [4.69, 9.17) is 28.4 Å². The van der Waals surface area contributed by atoms with Crippen LogP contribution < -0.4 is 15.3 Å². The third-order valence-electron chi connectivity index (χ3n) is 3.16. The van der Waals surface area contributed by atoms with Crippen LogP contribution in [0.2, 0.25) is 0 Å². The second-order valence-electron chi connectivity index (χ2n) is 4.57. The highest BCUT2D eigenvalue weighted by atomic mass is 33.7. The Labute approximate surface area is 147 Å². The molecule has 0 bridgehead atoms. The molecule has 2 aromatic rings. The minimum atomic E-state index is -1.72. The lowest BCUT2D eigenvalue weighted by atomic mass is 10.2. The van der Waals surface area contributed by atoms with Gasteiger partial charge in [0.2, 0.25) is 0 Å². The Hall–Kier alpha value is -0.0900. The number of methoxy groups -OCH3 is 1.